The van der Waals surface area contributed by atoms with E-state index in [4.69, 9.17) is 0 Å². The minimum atomic E-state index is 0.179. The molecule has 1 aliphatic carbocycles. The zero-order chi connectivity index (χ0) is 6.04. The molecule has 0 aromatic carbocycles. The molecule has 46 valence electrons. The molecule has 2 radical (unpaired) electrons. The minimum absolute atomic E-state index is 0.179. The van der Waals surface area contributed by atoms with Gasteiger partial charge in [-0.15, -0.1) is 0 Å². The molecule has 0 aliphatic heterocycles. The fraction of sp³-hybridized carbons (Fsp3) is 0.750. The molecule has 1 saturated carbocycles. The Balaban J connectivity index is 2.33. The predicted octanol–water partition coefficient (Wildman–Crippen LogP) is 2.61. The topological polar surface area (TPSA) is 0 Å². The van der Waals surface area contributed by atoms with Gasteiger partial charge in [0.1, 0.15) is 0 Å². The fourth-order valence-corrected chi connectivity index (χ4v) is 1.30. The van der Waals surface area contributed by atoms with Gasteiger partial charge in [0.25, 0.3) is 0 Å². The molecule has 0 spiro atoms. The first-order valence-electron chi connectivity index (χ1n) is 3.41. The predicted molar refractivity (Wildman–Crippen MR) is 36.2 cm³/mol. The van der Waals surface area contributed by atoms with Gasteiger partial charge in [0.2, 0.25) is 0 Å². The molecule has 0 saturated heterocycles. The van der Waals surface area contributed by atoms with Gasteiger partial charge in [0.15, 0.2) is 0 Å². The van der Waals surface area contributed by atoms with Crippen molar-refractivity contribution in [2.45, 2.75) is 32.1 Å². The largest absolute Gasteiger partial charge is 0.0533 e. The van der Waals surface area contributed by atoms with Gasteiger partial charge in [0, 0.05) is 0 Å². The summed E-state index contributed by atoms with van der Waals surface area (Å²) in [6.45, 7) is 8.04. The zero-order valence-corrected chi connectivity index (χ0v) is 5.45. The Morgan fingerprint density at radius 1 is 0.875 bits per heavy atom. The maximum Gasteiger partial charge on any atom is -0.0297 e. The highest BCUT2D eigenvalue weighted by molar-refractivity contribution is 4.86. The van der Waals surface area contributed by atoms with Crippen molar-refractivity contribution < 1.29 is 0 Å². The van der Waals surface area contributed by atoms with Crippen molar-refractivity contribution in [1.29, 1.82) is 0 Å². The lowest BCUT2D eigenvalue weighted by atomic mass is 9.78. The van der Waals surface area contributed by atoms with Gasteiger partial charge in [0.05, 0.1) is 0 Å². The van der Waals surface area contributed by atoms with Crippen LogP contribution in [-0.2, 0) is 0 Å². The SMILES string of the molecule is [CH2]C1([CH2])CCCCC1. The fourth-order valence-electron chi connectivity index (χ4n) is 1.30. The average Bonchev–Trinajstić information content (AvgIpc) is 1.65. The third-order valence-electron chi connectivity index (χ3n) is 1.91. The molecule has 1 fully saturated rings. The second kappa shape index (κ2) is 2.08. The molecule has 0 aromatic rings. The lowest BCUT2D eigenvalue weighted by Crippen LogP contribution is -2.15. The summed E-state index contributed by atoms with van der Waals surface area (Å²) >= 11 is 0. The lowest BCUT2D eigenvalue weighted by molar-refractivity contribution is 0.319. The number of hydrogen-bond acceptors (Lipinski definition) is 0. The molecule has 0 atom stereocenters. The summed E-state index contributed by atoms with van der Waals surface area (Å²) in [6, 6.07) is 0. The maximum atomic E-state index is 4.02. The van der Waals surface area contributed by atoms with E-state index >= 15 is 0 Å². The second-order valence-corrected chi connectivity index (χ2v) is 3.06. The Morgan fingerprint density at radius 3 is 1.62 bits per heavy atom. The molecule has 0 unspecified atom stereocenters. The van der Waals surface area contributed by atoms with Gasteiger partial charge >= 0.3 is 0 Å². The quantitative estimate of drug-likeness (QED) is 0.449. The van der Waals surface area contributed by atoms with Crippen LogP contribution in [0.1, 0.15) is 32.1 Å². The average molecular weight is 110 g/mol. The van der Waals surface area contributed by atoms with Gasteiger partial charge in [-0.05, 0) is 32.1 Å². The Morgan fingerprint density at radius 2 is 1.38 bits per heavy atom. The molecule has 0 bridgehead atoms. The van der Waals surface area contributed by atoms with Crippen molar-refractivity contribution in [3.8, 4) is 0 Å². The van der Waals surface area contributed by atoms with Crippen molar-refractivity contribution >= 4 is 0 Å². The van der Waals surface area contributed by atoms with E-state index in [2.05, 4.69) is 13.8 Å². The zero-order valence-electron chi connectivity index (χ0n) is 5.45. The maximum absolute atomic E-state index is 4.02. The Kier molecular flexibility index (Phi) is 1.59. The van der Waals surface area contributed by atoms with Crippen LogP contribution in [0.15, 0.2) is 0 Å². The van der Waals surface area contributed by atoms with Crippen LogP contribution in [0, 0.1) is 19.3 Å². The van der Waals surface area contributed by atoms with E-state index in [0.29, 0.717) is 0 Å². The molecule has 0 aromatic heterocycles. The highest BCUT2D eigenvalue weighted by Gasteiger charge is 2.20. The molecular formula is C8H14. The van der Waals surface area contributed by atoms with E-state index in [1.54, 1.807) is 0 Å². The monoisotopic (exact) mass is 110 g/mol. The number of hydrogen-bond donors (Lipinski definition) is 0. The first kappa shape index (κ1) is 6.12. The van der Waals surface area contributed by atoms with Crippen molar-refractivity contribution in [2.24, 2.45) is 5.41 Å². The van der Waals surface area contributed by atoms with Crippen molar-refractivity contribution in [1.82, 2.24) is 0 Å². The molecule has 0 N–H and O–H groups in total. The highest BCUT2D eigenvalue weighted by Crippen LogP contribution is 2.33. The Hall–Kier alpha value is 0. The van der Waals surface area contributed by atoms with Crippen LogP contribution in [0.5, 0.6) is 0 Å². The molecule has 0 heteroatoms. The first-order chi connectivity index (χ1) is 3.71. The smallest absolute Gasteiger partial charge is 0.0297 e. The van der Waals surface area contributed by atoms with Crippen LogP contribution in [-0.4, -0.2) is 0 Å². The van der Waals surface area contributed by atoms with Crippen molar-refractivity contribution in [3.05, 3.63) is 13.8 Å². The summed E-state index contributed by atoms with van der Waals surface area (Å²) in [4.78, 5) is 0. The summed E-state index contributed by atoms with van der Waals surface area (Å²) in [6.07, 6.45) is 6.53. The van der Waals surface area contributed by atoms with E-state index in [9.17, 15) is 0 Å². The van der Waals surface area contributed by atoms with Crippen LogP contribution < -0.4 is 0 Å². The molecular weight excluding hydrogens is 96.1 g/mol. The van der Waals surface area contributed by atoms with Gasteiger partial charge in [-0.2, -0.15) is 0 Å². The van der Waals surface area contributed by atoms with Crippen molar-refractivity contribution in [2.75, 3.05) is 0 Å². The van der Waals surface area contributed by atoms with Crippen molar-refractivity contribution in [3.63, 3.8) is 0 Å². The number of rotatable bonds is 0. The van der Waals surface area contributed by atoms with Crippen LogP contribution in [0.25, 0.3) is 0 Å². The van der Waals surface area contributed by atoms with Gasteiger partial charge < -0.3 is 0 Å². The van der Waals surface area contributed by atoms with E-state index in [1.165, 1.54) is 32.1 Å². The Bertz CT molecular complexity index is 64.1. The first-order valence-corrected chi connectivity index (χ1v) is 3.41. The van der Waals surface area contributed by atoms with E-state index in [-0.39, 0.29) is 5.41 Å². The van der Waals surface area contributed by atoms with Crippen LogP contribution in [0.3, 0.4) is 0 Å². The summed E-state index contributed by atoms with van der Waals surface area (Å²) in [7, 11) is 0. The van der Waals surface area contributed by atoms with Gasteiger partial charge in [-0.25, -0.2) is 0 Å². The summed E-state index contributed by atoms with van der Waals surface area (Å²) in [5.41, 5.74) is 0.179. The molecule has 1 rings (SSSR count). The summed E-state index contributed by atoms with van der Waals surface area (Å²) in [5, 5.41) is 0. The van der Waals surface area contributed by atoms with E-state index in [1.807, 2.05) is 0 Å². The molecule has 0 heterocycles. The third-order valence-corrected chi connectivity index (χ3v) is 1.91. The van der Waals surface area contributed by atoms with Gasteiger partial charge in [-0.3, -0.25) is 0 Å². The molecule has 1 aliphatic rings. The standard InChI is InChI=1S/C8H14/c1-8(2)6-4-3-5-7-8/h1-7H2. The van der Waals surface area contributed by atoms with Crippen LogP contribution >= 0.6 is 0 Å². The minimum Gasteiger partial charge on any atom is -0.0533 e. The molecule has 8 heavy (non-hydrogen) atoms. The van der Waals surface area contributed by atoms with Crippen LogP contribution in [0.4, 0.5) is 0 Å². The highest BCUT2D eigenvalue weighted by atomic mass is 14.3. The molecule has 0 amide bonds. The van der Waals surface area contributed by atoms with Gasteiger partial charge in [-0.1, -0.05) is 19.3 Å². The second-order valence-electron chi connectivity index (χ2n) is 3.06. The normalized spacial score (nSPS) is 27.8. The summed E-state index contributed by atoms with van der Waals surface area (Å²) in [5.74, 6) is 0. The van der Waals surface area contributed by atoms with E-state index in [0.717, 1.165) is 0 Å². The summed E-state index contributed by atoms with van der Waals surface area (Å²) < 4.78 is 0. The Labute approximate surface area is 52.3 Å². The van der Waals surface area contributed by atoms with E-state index < -0.39 is 0 Å². The van der Waals surface area contributed by atoms with Crippen LogP contribution in [0.2, 0.25) is 0 Å². The third kappa shape index (κ3) is 1.50. The molecule has 0 nitrogen and oxygen atoms in total. The lowest BCUT2D eigenvalue weighted by Gasteiger charge is -2.28.